The van der Waals surface area contributed by atoms with Crippen LogP contribution >= 0.6 is 11.8 Å². The molecule has 0 saturated carbocycles. The molecule has 2 heterocycles. The highest BCUT2D eigenvalue weighted by atomic mass is 32.2. The lowest BCUT2D eigenvalue weighted by molar-refractivity contribution is -0.138. The molecule has 0 aromatic heterocycles. The fraction of sp³-hybridized carbons (Fsp3) is 0.444. The Bertz CT molecular complexity index is 1110. The number of aliphatic carboxylic acids is 1. The summed E-state index contributed by atoms with van der Waals surface area (Å²) in [6, 6.07) is 15.3. The van der Waals surface area contributed by atoms with Crippen molar-refractivity contribution in [2.24, 2.45) is 11.3 Å². The largest absolute Gasteiger partial charge is 0.481 e. The van der Waals surface area contributed by atoms with Crippen LogP contribution in [0.25, 0.3) is 11.1 Å². The van der Waals surface area contributed by atoms with Crippen LogP contribution in [0.5, 0.6) is 0 Å². The third-order valence-corrected chi connectivity index (χ3v) is 9.12. The van der Waals surface area contributed by atoms with Crippen molar-refractivity contribution in [1.29, 1.82) is 0 Å². The number of fused-ring (bicyclic) bond motifs is 4. The molecule has 0 bridgehead atoms. The predicted molar refractivity (Wildman–Crippen MR) is 134 cm³/mol. The molecule has 2 aromatic rings. The number of carboxylic acids is 1. The Hall–Kier alpha value is -3.00. The summed E-state index contributed by atoms with van der Waals surface area (Å²) in [5, 5.41) is 11.9. The number of benzene rings is 2. The minimum absolute atomic E-state index is 0.0327. The number of nitrogens with zero attached hydrogens (tertiary/aromatic N) is 1. The third kappa shape index (κ3) is 4.63. The Kier molecular flexibility index (Phi) is 6.49. The Morgan fingerprint density at radius 1 is 1.14 bits per heavy atom. The molecule has 1 aliphatic carbocycles. The number of ether oxygens (including phenoxy) is 1. The molecule has 2 N–H and O–H groups in total. The minimum Gasteiger partial charge on any atom is -0.481 e. The van der Waals surface area contributed by atoms with Crippen LogP contribution < -0.4 is 5.32 Å². The van der Waals surface area contributed by atoms with Gasteiger partial charge in [-0.15, -0.1) is 0 Å². The van der Waals surface area contributed by atoms with Crippen molar-refractivity contribution in [3.63, 3.8) is 0 Å². The molecule has 2 aliphatic heterocycles. The van der Waals surface area contributed by atoms with Gasteiger partial charge in [-0.3, -0.25) is 9.59 Å². The van der Waals surface area contributed by atoms with Gasteiger partial charge < -0.3 is 20.1 Å². The highest BCUT2D eigenvalue weighted by Gasteiger charge is 2.48. The molecule has 3 aliphatic rings. The van der Waals surface area contributed by atoms with Crippen molar-refractivity contribution in [3.8, 4) is 11.1 Å². The van der Waals surface area contributed by atoms with E-state index in [-0.39, 0.29) is 36.7 Å². The van der Waals surface area contributed by atoms with Gasteiger partial charge in [-0.1, -0.05) is 55.5 Å². The Labute approximate surface area is 209 Å². The number of thioether (sulfide) groups is 1. The molecular formula is C27H30N2O5S. The van der Waals surface area contributed by atoms with Crippen LogP contribution in [0.1, 0.15) is 36.8 Å². The van der Waals surface area contributed by atoms with E-state index in [1.165, 1.54) is 0 Å². The molecule has 2 aromatic carbocycles. The van der Waals surface area contributed by atoms with E-state index >= 15 is 0 Å². The van der Waals surface area contributed by atoms with Crippen LogP contribution in [0.15, 0.2) is 48.5 Å². The molecule has 0 radical (unpaired) electrons. The van der Waals surface area contributed by atoms with Gasteiger partial charge in [0.25, 0.3) is 0 Å². The molecular weight excluding hydrogens is 464 g/mol. The first-order chi connectivity index (χ1) is 16.9. The van der Waals surface area contributed by atoms with Crippen molar-refractivity contribution >= 4 is 29.7 Å². The first-order valence-corrected chi connectivity index (χ1v) is 13.2. The number of rotatable bonds is 7. The van der Waals surface area contributed by atoms with Gasteiger partial charge in [-0.05, 0) is 45.8 Å². The number of amides is 2. The number of nitrogens with one attached hydrogen (secondary N) is 1. The predicted octanol–water partition coefficient (Wildman–Crippen LogP) is 3.97. The lowest BCUT2D eigenvalue weighted by Gasteiger charge is -2.26. The Morgan fingerprint density at radius 3 is 2.43 bits per heavy atom. The Balaban J connectivity index is 1.25. The van der Waals surface area contributed by atoms with Crippen molar-refractivity contribution < 1.29 is 24.2 Å². The van der Waals surface area contributed by atoms with Crippen LogP contribution in [-0.2, 0) is 14.3 Å². The molecule has 1 unspecified atom stereocenters. The van der Waals surface area contributed by atoms with E-state index in [4.69, 9.17) is 4.74 Å². The maximum absolute atomic E-state index is 13.3. The lowest BCUT2D eigenvalue weighted by atomic mass is 9.84. The van der Waals surface area contributed by atoms with E-state index in [0.717, 1.165) is 33.8 Å². The summed E-state index contributed by atoms with van der Waals surface area (Å²) >= 11 is 1.92. The van der Waals surface area contributed by atoms with E-state index in [1.807, 2.05) is 48.2 Å². The van der Waals surface area contributed by atoms with Crippen molar-refractivity contribution in [2.75, 3.05) is 31.2 Å². The second kappa shape index (κ2) is 9.57. The summed E-state index contributed by atoms with van der Waals surface area (Å²) in [6.07, 6.45) is -0.869. The first kappa shape index (κ1) is 23.7. The minimum atomic E-state index is -1.00. The second-order valence-electron chi connectivity index (χ2n) is 10.0. The van der Waals surface area contributed by atoms with Crippen LogP contribution in [0.4, 0.5) is 4.79 Å². The number of hydrogen-bond acceptors (Lipinski definition) is 5. The molecule has 2 fully saturated rings. The van der Waals surface area contributed by atoms with E-state index in [2.05, 4.69) is 24.4 Å². The molecule has 0 spiro atoms. The number of carbonyl (C=O) groups is 3. The van der Waals surface area contributed by atoms with Gasteiger partial charge in [0.05, 0.1) is 0 Å². The van der Waals surface area contributed by atoms with Gasteiger partial charge in [0.2, 0.25) is 5.91 Å². The maximum Gasteiger partial charge on any atom is 0.407 e. The summed E-state index contributed by atoms with van der Waals surface area (Å²) < 4.78 is 5.61. The second-order valence-corrected chi connectivity index (χ2v) is 11.1. The molecule has 5 rings (SSSR count). The quantitative estimate of drug-likeness (QED) is 0.605. The molecule has 2 amide bonds. The molecule has 3 atom stereocenters. The van der Waals surface area contributed by atoms with Gasteiger partial charge in [0, 0.05) is 31.2 Å². The molecule has 2 saturated heterocycles. The average molecular weight is 495 g/mol. The van der Waals surface area contributed by atoms with E-state index in [1.54, 1.807) is 4.90 Å². The van der Waals surface area contributed by atoms with E-state index < -0.39 is 18.1 Å². The summed E-state index contributed by atoms with van der Waals surface area (Å²) in [5.74, 6) is 1.17. The SMILES string of the molecule is C[C@]12CSC[C@H]1CN(C(=O)C(CCC(=O)O)NC(=O)OCC1c3ccccc3-c3ccccc31)C2. The Morgan fingerprint density at radius 2 is 1.80 bits per heavy atom. The van der Waals surface area contributed by atoms with Crippen LogP contribution in [0.3, 0.4) is 0 Å². The smallest absolute Gasteiger partial charge is 0.407 e. The number of alkyl carbamates (subject to hydrolysis) is 1. The van der Waals surface area contributed by atoms with Crippen molar-refractivity contribution in [2.45, 2.75) is 31.7 Å². The zero-order valence-corrected chi connectivity index (χ0v) is 20.6. The fourth-order valence-electron chi connectivity index (χ4n) is 5.66. The molecule has 35 heavy (non-hydrogen) atoms. The van der Waals surface area contributed by atoms with Gasteiger partial charge in [0.15, 0.2) is 0 Å². The maximum atomic E-state index is 13.3. The summed E-state index contributed by atoms with van der Waals surface area (Å²) in [7, 11) is 0. The fourth-order valence-corrected chi connectivity index (χ4v) is 7.37. The van der Waals surface area contributed by atoms with Crippen LogP contribution in [-0.4, -0.2) is 65.2 Å². The van der Waals surface area contributed by atoms with Crippen LogP contribution in [0, 0.1) is 11.3 Å². The van der Waals surface area contributed by atoms with Crippen LogP contribution in [0.2, 0.25) is 0 Å². The van der Waals surface area contributed by atoms with Gasteiger partial charge in [-0.2, -0.15) is 11.8 Å². The molecule has 7 nitrogen and oxygen atoms in total. The summed E-state index contributed by atoms with van der Waals surface area (Å²) in [5.41, 5.74) is 4.57. The van der Waals surface area contributed by atoms with Gasteiger partial charge in [0.1, 0.15) is 12.6 Å². The number of carboxylic acid groups (broad SMARTS) is 1. The number of hydrogen-bond donors (Lipinski definition) is 2. The monoisotopic (exact) mass is 494 g/mol. The third-order valence-electron chi connectivity index (χ3n) is 7.62. The van der Waals surface area contributed by atoms with Gasteiger partial charge in [-0.25, -0.2) is 4.79 Å². The normalized spacial score (nSPS) is 23.3. The highest BCUT2D eigenvalue weighted by Crippen LogP contribution is 2.46. The highest BCUT2D eigenvalue weighted by molar-refractivity contribution is 7.99. The average Bonchev–Trinajstić information content (AvgIpc) is 3.47. The summed E-state index contributed by atoms with van der Waals surface area (Å²) in [6.45, 7) is 3.63. The summed E-state index contributed by atoms with van der Waals surface area (Å²) in [4.78, 5) is 39.1. The number of carbonyl (C=O) groups excluding carboxylic acids is 2. The molecule has 8 heteroatoms. The van der Waals surface area contributed by atoms with Crippen molar-refractivity contribution in [3.05, 3.63) is 59.7 Å². The zero-order chi connectivity index (χ0) is 24.6. The topological polar surface area (TPSA) is 95.9 Å². The zero-order valence-electron chi connectivity index (χ0n) is 19.7. The van der Waals surface area contributed by atoms with E-state index in [9.17, 15) is 19.5 Å². The molecule has 184 valence electrons. The lowest BCUT2D eigenvalue weighted by Crippen LogP contribution is -2.49. The number of likely N-dealkylation sites (tertiary alicyclic amines) is 1. The first-order valence-electron chi connectivity index (χ1n) is 12.1. The standard InChI is InChI=1S/C27H30N2O5S/c1-27-15-29(12-17(27)14-35-16-27)25(32)23(10-11-24(30)31)28-26(33)34-13-22-20-8-4-2-6-18(20)19-7-3-5-9-21(19)22/h2-9,17,22-23H,10-16H2,1H3,(H,28,33)(H,30,31)/t17-,23?,27+/m1/s1. The van der Waals surface area contributed by atoms with E-state index in [0.29, 0.717) is 19.0 Å². The van der Waals surface area contributed by atoms with Gasteiger partial charge >= 0.3 is 12.1 Å². The van der Waals surface area contributed by atoms with Crippen molar-refractivity contribution in [1.82, 2.24) is 10.2 Å².